The molecule has 0 aliphatic carbocycles. The molecule has 0 spiro atoms. The Labute approximate surface area is 115 Å². The number of carbonyl (C=O) groups excluding carboxylic acids is 1. The van der Waals surface area contributed by atoms with E-state index in [9.17, 15) is 53.1 Å². The van der Waals surface area contributed by atoms with Gasteiger partial charge in [-0.1, -0.05) is 6.58 Å². The predicted molar refractivity (Wildman–Crippen MR) is 50.3 cm³/mol. The first-order chi connectivity index (χ1) is 9.45. The first-order valence-electron chi connectivity index (χ1n) is 5.19. The Morgan fingerprint density at radius 2 is 1.18 bits per heavy atom. The van der Waals surface area contributed by atoms with Gasteiger partial charge in [0.15, 0.2) is 5.78 Å². The standard InChI is InChI=1S/C10H7F11O/c1-2-5(22)3-4-6(11,12)7(13,14)8(15,16)9(17,18)10(19,20)21/h2H,1,3-4H2. The number of hydrogen-bond acceptors (Lipinski definition) is 1. The smallest absolute Gasteiger partial charge is 0.295 e. The monoisotopic (exact) mass is 352 g/mol. The van der Waals surface area contributed by atoms with Crippen LogP contribution in [-0.2, 0) is 4.79 Å². The van der Waals surface area contributed by atoms with E-state index in [4.69, 9.17) is 0 Å². The molecule has 0 aromatic carbocycles. The molecular weight excluding hydrogens is 345 g/mol. The third kappa shape index (κ3) is 3.19. The van der Waals surface area contributed by atoms with E-state index >= 15 is 0 Å². The van der Waals surface area contributed by atoms with Crippen LogP contribution in [0, 0.1) is 0 Å². The lowest BCUT2D eigenvalue weighted by molar-refractivity contribution is -0.422. The molecule has 0 fully saturated rings. The third-order valence-corrected chi connectivity index (χ3v) is 2.52. The molecule has 0 rings (SSSR count). The van der Waals surface area contributed by atoms with Crippen LogP contribution < -0.4 is 0 Å². The van der Waals surface area contributed by atoms with Crippen molar-refractivity contribution in [1.29, 1.82) is 0 Å². The summed E-state index contributed by atoms with van der Waals surface area (Å²) in [6.07, 6.45) is -10.7. The zero-order chi connectivity index (χ0) is 18.2. The van der Waals surface area contributed by atoms with Crippen molar-refractivity contribution in [2.45, 2.75) is 42.7 Å². The van der Waals surface area contributed by atoms with Crippen LogP contribution in [0.5, 0.6) is 0 Å². The molecule has 0 aliphatic heterocycles. The summed E-state index contributed by atoms with van der Waals surface area (Å²) in [6.45, 7) is 2.74. The number of allylic oxidation sites excluding steroid dienone is 1. The number of hydrogen-bond donors (Lipinski definition) is 0. The summed E-state index contributed by atoms with van der Waals surface area (Å²) in [5.74, 6) is -29.2. The van der Waals surface area contributed by atoms with Gasteiger partial charge in [0.05, 0.1) is 0 Å². The van der Waals surface area contributed by atoms with Gasteiger partial charge in [-0.05, 0) is 6.08 Å². The summed E-state index contributed by atoms with van der Waals surface area (Å²) >= 11 is 0. The van der Waals surface area contributed by atoms with E-state index in [0.29, 0.717) is 6.08 Å². The second-order valence-electron chi connectivity index (χ2n) is 4.10. The van der Waals surface area contributed by atoms with E-state index in [1.165, 1.54) is 0 Å². The third-order valence-electron chi connectivity index (χ3n) is 2.52. The van der Waals surface area contributed by atoms with Crippen molar-refractivity contribution in [3.8, 4) is 0 Å². The number of rotatable bonds is 7. The minimum absolute atomic E-state index is 0.358. The molecule has 0 heterocycles. The van der Waals surface area contributed by atoms with E-state index in [1.54, 1.807) is 0 Å². The van der Waals surface area contributed by atoms with Crippen molar-refractivity contribution in [1.82, 2.24) is 0 Å². The molecule has 0 aromatic rings. The van der Waals surface area contributed by atoms with Gasteiger partial charge < -0.3 is 0 Å². The van der Waals surface area contributed by atoms with Gasteiger partial charge in [0, 0.05) is 12.8 Å². The fraction of sp³-hybridized carbons (Fsp3) is 0.700. The summed E-state index contributed by atoms with van der Waals surface area (Å²) in [7, 11) is 0. The maximum Gasteiger partial charge on any atom is 0.460 e. The topological polar surface area (TPSA) is 17.1 Å². The van der Waals surface area contributed by atoms with Crippen molar-refractivity contribution in [2.75, 3.05) is 0 Å². The second kappa shape index (κ2) is 5.69. The lowest BCUT2D eigenvalue weighted by Gasteiger charge is -2.37. The molecule has 0 aromatic heterocycles. The summed E-state index contributed by atoms with van der Waals surface area (Å²) in [5.41, 5.74) is 0. The number of ketones is 1. The zero-order valence-electron chi connectivity index (χ0n) is 10.3. The molecular formula is C10H7F11O. The highest BCUT2D eigenvalue weighted by molar-refractivity contribution is 5.89. The van der Waals surface area contributed by atoms with Crippen LogP contribution in [0.15, 0.2) is 12.7 Å². The Morgan fingerprint density at radius 1 is 0.773 bits per heavy atom. The van der Waals surface area contributed by atoms with Crippen LogP contribution in [0.1, 0.15) is 12.8 Å². The highest BCUT2D eigenvalue weighted by Gasteiger charge is 2.86. The summed E-state index contributed by atoms with van der Waals surface area (Å²) in [6, 6.07) is 0. The van der Waals surface area contributed by atoms with Gasteiger partial charge >= 0.3 is 29.9 Å². The Bertz CT molecular complexity index is 435. The predicted octanol–water partition coefficient (Wildman–Crippen LogP) is 4.63. The Morgan fingerprint density at radius 3 is 1.50 bits per heavy atom. The Kier molecular flexibility index (Phi) is 5.34. The van der Waals surface area contributed by atoms with E-state index in [2.05, 4.69) is 6.58 Å². The molecule has 0 atom stereocenters. The van der Waals surface area contributed by atoms with Crippen LogP contribution in [0.25, 0.3) is 0 Å². The number of halogens is 11. The first-order valence-corrected chi connectivity index (χ1v) is 5.19. The summed E-state index contributed by atoms with van der Waals surface area (Å²) in [4.78, 5) is 10.6. The highest BCUT2D eigenvalue weighted by atomic mass is 19.4. The Balaban J connectivity index is 5.68. The molecule has 0 bridgehead atoms. The minimum atomic E-state index is -7.43. The van der Waals surface area contributed by atoms with Crippen LogP contribution in [-0.4, -0.2) is 35.6 Å². The van der Waals surface area contributed by atoms with Gasteiger partial charge in [0.2, 0.25) is 0 Å². The molecule has 22 heavy (non-hydrogen) atoms. The average Bonchev–Trinajstić information content (AvgIpc) is 2.33. The molecule has 1 nitrogen and oxygen atoms in total. The largest absolute Gasteiger partial charge is 0.460 e. The van der Waals surface area contributed by atoms with E-state index in [-0.39, 0.29) is 0 Å². The van der Waals surface area contributed by atoms with Crippen LogP contribution >= 0.6 is 0 Å². The maximum absolute atomic E-state index is 13.0. The van der Waals surface area contributed by atoms with Gasteiger partial charge in [-0.25, -0.2) is 0 Å². The molecule has 0 radical (unpaired) electrons. The van der Waals surface area contributed by atoms with Gasteiger partial charge in [0.25, 0.3) is 0 Å². The Hall–Kier alpha value is -1.36. The molecule has 0 N–H and O–H groups in total. The molecule has 0 saturated carbocycles. The fourth-order valence-electron chi connectivity index (χ4n) is 1.14. The van der Waals surface area contributed by atoms with Crippen LogP contribution in [0.3, 0.4) is 0 Å². The molecule has 0 aliphatic rings. The van der Waals surface area contributed by atoms with Crippen molar-refractivity contribution in [3.63, 3.8) is 0 Å². The van der Waals surface area contributed by atoms with Gasteiger partial charge in [0.1, 0.15) is 0 Å². The molecule has 12 heteroatoms. The average molecular weight is 352 g/mol. The van der Waals surface area contributed by atoms with Gasteiger partial charge in [-0.3, -0.25) is 4.79 Å². The zero-order valence-corrected chi connectivity index (χ0v) is 10.3. The fourth-order valence-corrected chi connectivity index (χ4v) is 1.14. The van der Waals surface area contributed by atoms with E-state index < -0.39 is 48.5 Å². The number of carbonyl (C=O) groups is 1. The summed E-state index contributed by atoms with van der Waals surface area (Å²) in [5, 5.41) is 0. The molecule has 130 valence electrons. The highest BCUT2D eigenvalue weighted by Crippen LogP contribution is 2.58. The normalized spacial score (nSPS) is 14.9. The second-order valence-corrected chi connectivity index (χ2v) is 4.10. The number of alkyl halides is 11. The van der Waals surface area contributed by atoms with Crippen LogP contribution in [0.4, 0.5) is 48.3 Å². The van der Waals surface area contributed by atoms with Crippen molar-refractivity contribution in [3.05, 3.63) is 12.7 Å². The minimum Gasteiger partial charge on any atom is -0.295 e. The molecule has 0 saturated heterocycles. The van der Waals surface area contributed by atoms with Gasteiger partial charge in [-0.15, -0.1) is 0 Å². The van der Waals surface area contributed by atoms with Crippen molar-refractivity contribution < 1.29 is 53.1 Å². The van der Waals surface area contributed by atoms with Crippen molar-refractivity contribution in [2.24, 2.45) is 0 Å². The first kappa shape index (κ1) is 20.6. The molecule has 0 unspecified atom stereocenters. The van der Waals surface area contributed by atoms with Gasteiger partial charge in [-0.2, -0.15) is 48.3 Å². The summed E-state index contributed by atoms with van der Waals surface area (Å²) < 4.78 is 137. The van der Waals surface area contributed by atoms with E-state index in [0.717, 1.165) is 0 Å². The van der Waals surface area contributed by atoms with Crippen molar-refractivity contribution >= 4 is 5.78 Å². The lowest BCUT2D eigenvalue weighted by Crippen LogP contribution is -2.66. The van der Waals surface area contributed by atoms with E-state index in [1.807, 2.05) is 0 Å². The SMILES string of the molecule is C=CC(=O)CCC(F)(F)C(F)(F)C(F)(F)C(F)(F)C(F)(F)F. The maximum atomic E-state index is 13.0. The lowest BCUT2D eigenvalue weighted by atomic mass is 9.94. The molecule has 0 amide bonds. The quantitative estimate of drug-likeness (QED) is 0.483. The van der Waals surface area contributed by atoms with Crippen LogP contribution in [0.2, 0.25) is 0 Å².